The number of carboxylic acids is 1. The van der Waals surface area contributed by atoms with E-state index in [1.165, 1.54) is 11.1 Å². The third kappa shape index (κ3) is 5.67. The van der Waals surface area contributed by atoms with Crippen molar-refractivity contribution in [3.63, 3.8) is 0 Å². The van der Waals surface area contributed by atoms with Crippen molar-refractivity contribution in [3.8, 4) is 22.5 Å². The number of hydrogen-bond donors (Lipinski definition) is 1. The molecule has 0 unspecified atom stereocenters. The van der Waals surface area contributed by atoms with E-state index in [0.717, 1.165) is 72.8 Å². The number of unbranched alkanes of at least 4 members (excludes halogenated alkanes) is 1. The second-order valence-electron chi connectivity index (χ2n) is 8.73. The largest absolute Gasteiger partial charge is 0.481 e. The van der Waals surface area contributed by atoms with Gasteiger partial charge in [0.1, 0.15) is 0 Å². The number of fused-ring (bicyclic) bond motifs is 1. The Morgan fingerprint density at radius 3 is 2.15 bits per heavy atom. The monoisotopic (exact) mass is 441 g/mol. The molecule has 0 atom stereocenters. The summed E-state index contributed by atoms with van der Waals surface area (Å²) in [6.45, 7) is 6.04. The van der Waals surface area contributed by atoms with Gasteiger partial charge in [0.15, 0.2) is 5.82 Å². The van der Waals surface area contributed by atoms with Gasteiger partial charge in [-0.3, -0.25) is 4.79 Å². The number of benzene rings is 2. The maximum Gasteiger partial charge on any atom is 0.307 e. The molecule has 1 aliphatic heterocycles. The molecule has 1 N–H and O–H groups in total. The first kappa shape index (κ1) is 22.7. The van der Waals surface area contributed by atoms with E-state index < -0.39 is 5.97 Å². The Morgan fingerprint density at radius 2 is 1.55 bits per heavy atom. The fourth-order valence-corrected chi connectivity index (χ4v) is 4.17. The minimum atomic E-state index is -0.792. The Bertz CT molecular complexity index is 1140. The van der Waals surface area contributed by atoms with Gasteiger partial charge in [-0.05, 0) is 39.5 Å². The summed E-state index contributed by atoms with van der Waals surface area (Å²) in [6.07, 6.45) is 7.59. The SMILES string of the molecule is Cc1ccc(-c2nc3c(nc2-c2ccc(C)cc2)N(CCCC=CCC(=O)O)CCC3)cc1. The summed E-state index contributed by atoms with van der Waals surface area (Å²) in [5.41, 5.74) is 7.54. The molecule has 5 heteroatoms. The van der Waals surface area contributed by atoms with Crippen LogP contribution in [0.1, 0.15) is 42.5 Å². The molecule has 5 nitrogen and oxygen atoms in total. The van der Waals surface area contributed by atoms with Crippen molar-refractivity contribution in [1.29, 1.82) is 0 Å². The van der Waals surface area contributed by atoms with Crippen LogP contribution in [0.25, 0.3) is 22.5 Å². The van der Waals surface area contributed by atoms with Gasteiger partial charge in [0, 0.05) is 24.2 Å². The van der Waals surface area contributed by atoms with Crippen molar-refractivity contribution < 1.29 is 9.90 Å². The Morgan fingerprint density at radius 1 is 0.939 bits per heavy atom. The molecule has 4 rings (SSSR count). The van der Waals surface area contributed by atoms with Crippen LogP contribution in [0.3, 0.4) is 0 Å². The zero-order valence-corrected chi connectivity index (χ0v) is 19.4. The maximum atomic E-state index is 10.7. The van der Waals surface area contributed by atoms with Crippen molar-refractivity contribution in [2.75, 3.05) is 18.0 Å². The predicted molar refractivity (Wildman–Crippen MR) is 134 cm³/mol. The number of aryl methyl sites for hydroxylation is 3. The highest BCUT2D eigenvalue weighted by Crippen LogP contribution is 2.35. The number of hydrogen-bond acceptors (Lipinski definition) is 4. The van der Waals surface area contributed by atoms with Crippen LogP contribution in [-0.4, -0.2) is 34.1 Å². The standard InChI is InChI=1S/C28H31N3O2/c1-20-10-14-22(15-11-20)26-27(23-16-12-21(2)13-17-23)30-28-24(29-26)8-7-19-31(28)18-6-4-3-5-9-25(32)33/h3,5,10-17H,4,6-9,18-19H2,1-2H3,(H,32,33). The molecule has 0 saturated heterocycles. The van der Waals surface area contributed by atoms with Crippen molar-refractivity contribution in [2.45, 2.75) is 46.0 Å². The third-order valence-electron chi connectivity index (χ3n) is 6.00. The van der Waals surface area contributed by atoms with Gasteiger partial charge in [-0.2, -0.15) is 0 Å². The van der Waals surface area contributed by atoms with Crippen LogP contribution in [0.5, 0.6) is 0 Å². The fourth-order valence-electron chi connectivity index (χ4n) is 4.17. The van der Waals surface area contributed by atoms with Gasteiger partial charge < -0.3 is 10.0 Å². The van der Waals surface area contributed by atoms with Gasteiger partial charge in [0.2, 0.25) is 0 Å². The molecule has 170 valence electrons. The molecule has 2 aromatic carbocycles. The number of allylic oxidation sites excluding steroid dienone is 1. The number of anilines is 1. The van der Waals surface area contributed by atoms with E-state index in [1.807, 2.05) is 6.08 Å². The highest BCUT2D eigenvalue weighted by atomic mass is 16.4. The second-order valence-corrected chi connectivity index (χ2v) is 8.73. The lowest BCUT2D eigenvalue weighted by atomic mass is 10.0. The van der Waals surface area contributed by atoms with Crippen LogP contribution >= 0.6 is 0 Å². The predicted octanol–water partition coefficient (Wildman–Crippen LogP) is 5.99. The first-order valence-corrected chi connectivity index (χ1v) is 11.7. The minimum Gasteiger partial charge on any atom is -0.481 e. The Hall–Kier alpha value is -3.47. The van der Waals surface area contributed by atoms with E-state index in [4.69, 9.17) is 15.1 Å². The maximum absolute atomic E-state index is 10.7. The molecule has 0 saturated carbocycles. The van der Waals surface area contributed by atoms with Gasteiger partial charge >= 0.3 is 5.97 Å². The number of nitrogens with zero attached hydrogens (tertiary/aromatic N) is 3. The third-order valence-corrected chi connectivity index (χ3v) is 6.00. The average Bonchev–Trinajstić information content (AvgIpc) is 2.81. The zero-order chi connectivity index (χ0) is 23.2. The van der Waals surface area contributed by atoms with Crippen molar-refractivity contribution in [2.24, 2.45) is 0 Å². The van der Waals surface area contributed by atoms with Crippen LogP contribution in [0.2, 0.25) is 0 Å². The van der Waals surface area contributed by atoms with Crippen LogP contribution in [0.4, 0.5) is 5.82 Å². The molecular weight excluding hydrogens is 410 g/mol. The smallest absolute Gasteiger partial charge is 0.307 e. The lowest BCUT2D eigenvalue weighted by molar-refractivity contribution is -0.136. The van der Waals surface area contributed by atoms with Crippen LogP contribution < -0.4 is 4.90 Å². The lowest BCUT2D eigenvalue weighted by Gasteiger charge is -2.30. The van der Waals surface area contributed by atoms with Crippen molar-refractivity contribution in [3.05, 3.63) is 77.5 Å². The first-order valence-electron chi connectivity index (χ1n) is 11.7. The number of carbonyl (C=O) groups is 1. The summed E-state index contributed by atoms with van der Waals surface area (Å²) in [5, 5.41) is 8.76. The van der Waals surface area contributed by atoms with Gasteiger partial charge in [-0.25, -0.2) is 9.97 Å². The van der Waals surface area contributed by atoms with Crippen LogP contribution in [0.15, 0.2) is 60.7 Å². The molecule has 1 aliphatic rings. The Balaban J connectivity index is 1.65. The number of aliphatic carboxylic acids is 1. The minimum absolute atomic E-state index is 0.0831. The Labute approximate surface area is 195 Å². The summed E-state index contributed by atoms with van der Waals surface area (Å²) >= 11 is 0. The van der Waals surface area contributed by atoms with Gasteiger partial charge in [-0.1, -0.05) is 71.8 Å². The zero-order valence-electron chi connectivity index (χ0n) is 19.4. The van der Waals surface area contributed by atoms with E-state index in [1.54, 1.807) is 6.08 Å². The van der Waals surface area contributed by atoms with Crippen LogP contribution in [-0.2, 0) is 11.2 Å². The lowest BCUT2D eigenvalue weighted by Crippen LogP contribution is -2.32. The topological polar surface area (TPSA) is 66.3 Å². The normalized spacial score (nSPS) is 13.3. The quantitative estimate of drug-likeness (QED) is 0.343. The summed E-state index contributed by atoms with van der Waals surface area (Å²) < 4.78 is 0. The molecule has 0 spiro atoms. The van der Waals surface area contributed by atoms with Crippen molar-refractivity contribution in [1.82, 2.24) is 9.97 Å². The molecule has 3 aromatic rings. The summed E-state index contributed by atoms with van der Waals surface area (Å²) in [5.74, 6) is 0.196. The summed E-state index contributed by atoms with van der Waals surface area (Å²) in [4.78, 5) is 23.4. The highest BCUT2D eigenvalue weighted by molar-refractivity contribution is 5.79. The van der Waals surface area contributed by atoms with Gasteiger partial charge in [-0.15, -0.1) is 0 Å². The number of carboxylic acid groups (broad SMARTS) is 1. The van der Waals surface area contributed by atoms with E-state index in [2.05, 4.69) is 67.3 Å². The van der Waals surface area contributed by atoms with E-state index in [0.29, 0.717) is 0 Å². The van der Waals surface area contributed by atoms with E-state index >= 15 is 0 Å². The molecule has 1 aromatic heterocycles. The van der Waals surface area contributed by atoms with Crippen LogP contribution in [0, 0.1) is 13.8 Å². The number of rotatable bonds is 8. The van der Waals surface area contributed by atoms with E-state index in [9.17, 15) is 4.79 Å². The van der Waals surface area contributed by atoms with Gasteiger partial charge in [0.05, 0.1) is 23.5 Å². The van der Waals surface area contributed by atoms with Crippen molar-refractivity contribution >= 4 is 11.8 Å². The van der Waals surface area contributed by atoms with E-state index in [-0.39, 0.29) is 6.42 Å². The molecule has 0 bridgehead atoms. The molecular formula is C28H31N3O2. The molecule has 0 amide bonds. The molecule has 0 aliphatic carbocycles. The molecule has 0 fully saturated rings. The highest BCUT2D eigenvalue weighted by Gasteiger charge is 2.23. The summed E-state index contributed by atoms with van der Waals surface area (Å²) in [6, 6.07) is 17.0. The van der Waals surface area contributed by atoms with Gasteiger partial charge in [0.25, 0.3) is 0 Å². The second kappa shape index (κ2) is 10.4. The molecule has 2 heterocycles. The average molecular weight is 442 g/mol. The molecule has 0 radical (unpaired) electrons. The first-order chi connectivity index (χ1) is 16.0. The number of aromatic nitrogens is 2. The molecule has 33 heavy (non-hydrogen) atoms. The summed E-state index contributed by atoms with van der Waals surface area (Å²) in [7, 11) is 0. The fraction of sp³-hybridized carbons (Fsp3) is 0.321. The Kier molecular flexibility index (Phi) is 7.18.